The highest BCUT2D eigenvalue weighted by Gasteiger charge is 2.25. The fraction of sp³-hybridized carbons (Fsp3) is 0.227. The van der Waals surface area contributed by atoms with E-state index in [1.165, 1.54) is 29.8 Å². The van der Waals surface area contributed by atoms with Crippen LogP contribution in [-0.2, 0) is 6.42 Å². The molecule has 2 aromatic carbocycles. The summed E-state index contributed by atoms with van der Waals surface area (Å²) in [6.07, 6.45) is 3.55. The van der Waals surface area contributed by atoms with E-state index in [4.69, 9.17) is 9.97 Å². The Labute approximate surface area is 168 Å². The number of hydrogen-bond acceptors (Lipinski definition) is 6. The van der Waals surface area contributed by atoms with Crippen LogP contribution >= 0.6 is 0 Å². The zero-order valence-corrected chi connectivity index (χ0v) is 15.9. The van der Waals surface area contributed by atoms with Crippen LogP contribution in [0.15, 0.2) is 48.5 Å². The summed E-state index contributed by atoms with van der Waals surface area (Å²) in [4.78, 5) is 9.45. The number of anilines is 5. The largest absolute Gasteiger partial charge is 0.384 e. The third-order valence-corrected chi connectivity index (χ3v) is 5.54. The second kappa shape index (κ2) is 6.48. The molecule has 7 heteroatoms. The summed E-state index contributed by atoms with van der Waals surface area (Å²) >= 11 is 0. The summed E-state index contributed by atoms with van der Waals surface area (Å²) in [6.45, 7) is 0.992. The molecule has 4 aromatic rings. The maximum absolute atomic E-state index is 4.75. The topological polar surface area (TPSA) is 90.5 Å². The molecule has 2 aliphatic rings. The zero-order valence-electron chi connectivity index (χ0n) is 15.9. The van der Waals surface area contributed by atoms with Gasteiger partial charge in [0.1, 0.15) is 5.82 Å². The van der Waals surface area contributed by atoms with Crippen molar-refractivity contribution in [1.29, 1.82) is 0 Å². The number of benzene rings is 2. The van der Waals surface area contributed by atoms with Gasteiger partial charge in [-0.3, -0.25) is 5.10 Å². The highest BCUT2D eigenvalue weighted by molar-refractivity contribution is 5.91. The van der Waals surface area contributed by atoms with Gasteiger partial charge in [-0.25, -0.2) is 4.98 Å². The van der Waals surface area contributed by atoms with Crippen molar-refractivity contribution < 1.29 is 0 Å². The highest BCUT2D eigenvalue weighted by atomic mass is 15.2. The molecule has 0 atom stereocenters. The number of nitrogens with zero attached hydrogens (tertiary/aromatic N) is 3. The molecule has 4 N–H and O–H groups in total. The molecule has 0 radical (unpaired) electrons. The standard InChI is InChI=1S/C22H21N7/c1-2-4-17-16(3-1)21(26-20-12-19(28-29-20)13-5-6-13)27-22(25-17)24-15-8-7-14-9-10-23-18(14)11-15/h1-4,7-8,11-13,23H,5-6,9-10H2,(H3,24,25,26,27,28,29). The summed E-state index contributed by atoms with van der Waals surface area (Å²) in [7, 11) is 0. The monoisotopic (exact) mass is 383 g/mol. The summed E-state index contributed by atoms with van der Waals surface area (Å²) < 4.78 is 0. The molecule has 1 saturated carbocycles. The number of H-pyrrole nitrogens is 1. The average Bonchev–Trinajstić information content (AvgIpc) is 3.30. The number of aromatic nitrogens is 4. The summed E-state index contributed by atoms with van der Waals surface area (Å²) in [6, 6.07) is 16.4. The van der Waals surface area contributed by atoms with E-state index in [0.717, 1.165) is 41.2 Å². The van der Waals surface area contributed by atoms with Crippen molar-refractivity contribution in [3.05, 3.63) is 59.8 Å². The van der Waals surface area contributed by atoms with Crippen LogP contribution in [0.1, 0.15) is 30.0 Å². The van der Waals surface area contributed by atoms with Gasteiger partial charge in [0, 0.05) is 41.0 Å². The van der Waals surface area contributed by atoms with Crippen molar-refractivity contribution in [3.63, 3.8) is 0 Å². The average molecular weight is 383 g/mol. The second-order valence-corrected chi connectivity index (χ2v) is 7.69. The molecule has 1 aliphatic heterocycles. The Balaban J connectivity index is 1.34. The van der Waals surface area contributed by atoms with Gasteiger partial charge in [-0.15, -0.1) is 0 Å². The van der Waals surface area contributed by atoms with Crippen LogP contribution in [0.3, 0.4) is 0 Å². The van der Waals surface area contributed by atoms with Crippen LogP contribution in [0.2, 0.25) is 0 Å². The van der Waals surface area contributed by atoms with Gasteiger partial charge in [-0.05, 0) is 49.1 Å². The van der Waals surface area contributed by atoms with Gasteiger partial charge in [0.2, 0.25) is 5.95 Å². The van der Waals surface area contributed by atoms with Gasteiger partial charge in [0.05, 0.1) is 5.52 Å². The minimum atomic E-state index is 0.557. The molecular weight excluding hydrogens is 362 g/mol. The van der Waals surface area contributed by atoms with E-state index in [-0.39, 0.29) is 0 Å². The molecule has 2 aromatic heterocycles. The fourth-order valence-electron chi connectivity index (χ4n) is 3.85. The third-order valence-electron chi connectivity index (χ3n) is 5.54. The van der Waals surface area contributed by atoms with Crippen molar-refractivity contribution in [2.24, 2.45) is 0 Å². The van der Waals surface area contributed by atoms with Gasteiger partial charge in [0.25, 0.3) is 0 Å². The predicted molar refractivity (Wildman–Crippen MR) is 115 cm³/mol. The Morgan fingerprint density at radius 1 is 0.966 bits per heavy atom. The molecule has 0 saturated heterocycles. The van der Waals surface area contributed by atoms with Crippen LogP contribution in [0.5, 0.6) is 0 Å². The van der Waals surface area contributed by atoms with Gasteiger partial charge in [-0.1, -0.05) is 18.2 Å². The number of para-hydroxylation sites is 1. The molecule has 144 valence electrons. The van der Waals surface area contributed by atoms with E-state index in [2.05, 4.69) is 50.4 Å². The zero-order chi connectivity index (χ0) is 19.2. The number of nitrogens with one attached hydrogen (secondary N) is 4. The lowest BCUT2D eigenvalue weighted by molar-refractivity contribution is 0.966. The molecule has 6 rings (SSSR count). The highest BCUT2D eigenvalue weighted by Crippen LogP contribution is 2.40. The van der Waals surface area contributed by atoms with Crippen molar-refractivity contribution in [2.75, 3.05) is 22.5 Å². The molecule has 3 heterocycles. The lowest BCUT2D eigenvalue weighted by Gasteiger charge is -2.11. The normalized spacial score (nSPS) is 15.2. The Kier molecular flexibility index (Phi) is 3.65. The first-order valence-corrected chi connectivity index (χ1v) is 10.0. The third kappa shape index (κ3) is 3.14. The molecule has 1 fully saturated rings. The molecule has 29 heavy (non-hydrogen) atoms. The van der Waals surface area contributed by atoms with Crippen molar-refractivity contribution in [1.82, 2.24) is 20.2 Å². The number of hydrogen-bond donors (Lipinski definition) is 4. The van der Waals surface area contributed by atoms with Gasteiger partial charge >= 0.3 is 0 Å². The molecule has 0 unspecified atom stereocenters. The molecule has 0 amide bonds. The lowest BCUT2D eigenvalue weighted by atomic mass is 10.1. The molecular formula is C22H21N7. The Bertz CT molecular complexity index is 1210. The van der Waals surface area contributed by atoms with E-state index in [1.807, 2.05) is 24.3 Å². The van der Waals surface area contributed by atoms with E-state index in [0.29, 0.717) is 11.9 Å². The summed E-state index contributed by atoms with van der Waals surface area (Å²) in [5.41, 5.74) is 5.57. The van der Waals surface area contributed by atoms with Gasteiger partial charge in [-0.2, -0.15) is 10.1 Å². The first kappa shape index (κ1) is 16.4. The van der Waals surface area contributed by atoms with E-state index < -0.39 is 0 Å². The van der Waals surface area contributed by atoms with Crippen molar-refractivity contribution in [3.8, 4) is 0 Å². The number of aromatic amines is 1. The predicted octanol–water partition coefficient (Wildman–Crippen LogP) is 4.69. The van der Waals surface area contributed by atoms with Gasteiger partial charge in [0.15, 0.2) is 5.82 Å². The van der Waals surface area contributed by atoms with Crippen LogP contribution in [0.4, 0.5) is 29.0 Å². The lowest BCUT2D eigenvalue weighted by Crippen LogP contribution is -2.02. The maximum atomic E-state index is 4.75. The fourth-order valence-corrected chi connectivity index (χ4v) is 3.85. The maximum Gasteiger partial charge on any atom is 0.229 e. The number of rotatable bonds is 5. The first-order valence-electron chi connectivity index (χ1n) is 10.0. The van der Waals surface area contributed by atoms with Crippen molar-refractivity contribution in [2.45, 2.75) is 25.2 Å². The van der Waals surface area contributed by atoms with Crippen molar-refractivity contribution >= 4 is 39.9 Å². The Hall–Kier alpha value is -3.61. The molecule has 7 nitrogen and oxygen atoms in total. The minimum Gasteiger partial charge on any atom is -0.384 e. The molecule has 1 aliphatic carbocycles. The quantitative estimate of drug-likeness (QED) is 0.400. The van der Waals surface area contributed by atoms with E-state index >= 15 is 0 Å². The van der Waals surface area contributed by atoms with Crippen LogP contribution < -0.4 is 16.0 Å². The number of fused-ring (bicyclic) bond motifs is 2. The SMILES string of the molecule is c1ccc2c(Nc3cc(C4CC4)[nH]n3)nc(Nc3ccc4c(c3)NCC4)nc2c1. The Morgan fingerprint density at radius 2 is 1.90 bits per heavy atom. The van der Waals surface area contributed by atoms with Crippen LogP contribution in [-0.4, -0.2) is 26.7 Å². The first-order chi connectivity index (χ1) is 14.3. The molecule has 0 spiro atoms. The van der Waals surface area contributed by atoms with Gasteiger partial charge < -0.3 is 16.0 Å². The Morgan fingerprint density at radius 3 is 2.83 bits per heavy atom. The molecule has 0 bridgehead atoms. The van der Waals surface area contributed by atoms with Crippen LogP contribution in [0, 0.1) is 0 Å². The smallest absolute Gasteiger partial charge is 0.229 e. The second-order valence-electron chi connectivity index (χ2n) is 7.69. The summed E-state index contributed by atoms with van der Waals surface area (Å²) in [5, 5.41) is 18.6. The summed E-state index contributed by atoms with van der Waals surface area (Å²) in [5.74, 6) is 2.71. The van der Waals surface area contributed by atoms with Crippen LogP contribution in [0.25, 0.3) is 10.9 Å². The van der Waals surface area contributed by atoms with E-state index in [9.17, 15) is 0 Å². The van der Waals surface area contributed by atoms with E-state index in [1.54, 1.807) is 0 Å². The minimum absolute atomic E-state index is 0.557.